The highest BCUT2D eigenvalue weighted by Crippen LogP contribution is 2.42. The topological polar surface area (TPSA) is 107 Å². The number of fused-ring (bicyclic) bond motifs is 1. The standard InChI is InChI=1S/C18H27N5O4S/c1-11-9-13(11)18(25)23-7-4-5-15(23)16-19-14-10-22(28(26,27)21(2)3)8-6-12(14)17(24)20-16/h11,13,15H,4-10H2,1-3H3,(H,19,20,24)/t11-,13-,15-/m1/s1. The van der Waals surface area contributed by atoms with Gasteiger partial charge in [-0.05, 0) is 31.6 Å². The molecular formula is C18H27N5O4S. The molecule has 0 unspecified atom stereocenters. The fourth-order valence-corrected chi connectivity index (χ4v) is 5.28. The second-order valence-corrected chi connectivity index (χ2v) is 10.4. The van der Waals surface area contributed by atoms with Crippen molar-refractivity contribution in [1.82, 2.24) is 23.5 Å². The average molecular weight is 410 g/mol. The van der Waals surface area contributed by atoms with Crippen molar-refractivity contribution in [3.8, 4) is 0 Å². The Kier molecular flexibility index (Phi) is 4.83. The summed E-state index contributed by atoms with van der Waals surface area (Å²) in [5.74, 6) is 1.14. The highest BCUT2D eigenvalue weighted by Gasteiger charge is 2.45. The Morgan fingerprint density at radius 3 is 2.64 bits per heavy atom. The van der Waals surface area contributed by atoms with Crippen molar-refractivity contribution >= 4 is 16.1 Å². The van der Waals surface area contributed by atoms with E-state index in [1.807, 2.05) is 4.90 Å². The minimum Gasteiger partial charge on any atom is -0.332 e. The molecule has 1 saturated heterocycles. The molecule has 1 aromatic rings. The third-order valence-corrected chi connectivity index (χ3v) is 8.01. The monoisotopic (exact) mass is 409 g/mol. The summed E-state index contributed by atoms with van der Waals surface area (Å²) in [6.45, 7) is 3.08. The lowest BCUT2D eigenvalue weighted by Crippen LogP contribution is -2.44. The largest absolute Gasteiger partial charge is 0.332 e. The van der Waals surface area contributed by atoms with Gasteiger partial charge in [0.2, 0.25) is 5.91 Å². The molecule has 10 heteroatoms. The summed E-state index contributed by atoms with van der Waals surface area (Å²) >= 11 is 0. The molecule has 0 radical (unpaired) electrons. The molecule has 2 fully saturated rings. The van der Waals surface area contributed by atoms with E-state index in [0.717, 1.165) is 19.3 Å². The van der Waals surface area contributed by atoms with E-state index in [2.05, 4.69) is 16.9 Å². The van der Waals surface area contributed by atoms with Crippen LogP contribution in [-0.2, 0) is 28.0 Å². The molecule has 1 aliphatic carbocycles. The second kappa shape index (κ2) is 6.93. The molecule has 0 aromatic carbocycles. The number of hydrogen-bond donors (Lipinski definition) is 1. The van der Waals surface area contributed by atoms with Gasteiger partial charge in [0.05, 0.1) is 18.3 Å². The zero-order valence-corrected chi connectivity index (χ0v) is 17.3. The Labute approximate surface area is 164 Å². The van der Waals surface area contributed by atoms with Crippen LogP contribution in [0.5, 0.6) is 0 Å². The third-order valence-electron chi connectivity index (χ3n) is 6.12. The fraction of sp³-hybridized carbons (Fsp3) is 0.722. The van der Waals surface area contributed by atoms with Crippen LogP contribution in [0.2, 0.25) is 0 Å². The molecule has 3 atom stereocenters. The summed E-state index contributed by atoms with van der Waals surface area (Å²) in [5.41, 5.74) is 0.816. The van der Waals surface area contributed by atoms with Crippen LogP contribution in [0.25, 0.3) is 0 Å². The van der Waals surface area contributed by atoms with E-state index in [1.54, 1.807) is 0 Å². The zero-order chi connectivity index (χ0) is 20.2. The van der Waals surface area contributed by atoms with Gasteiger partial charge in [0, 0.05) is 38.7 Å². The predicted molar refractivity (Wildman–Crippen MR) is 103 cm³/mol. The molecule has 154 valence electrons. The van der Waals surface area contributed by atoms with E-state index in [0.29, 0.717) is 36.0 Å². The number of carbonyl (C=O) groups excluding carboxylic acids is 1. The molecule has 3 aliphatic rings. The molecule has 4 rings (SSSR count). The van der Waals surface area contributed by atoms with E-state index >= 15 is 0 Å². The van der Waals surface area contributed by atoms with Gasteiger partial charge >= 0.3 is 0 Å². The molecule has 2 aliphatic heterocycles. The SMILES string of the molecule is C[C@@H]1C[C@H]1C(=O)N1CCC[C@@H]1c1nc2c(c(=O)[nH]1)CCN(S(=O)(=O)N(C)C)C2. The van der Waals surface area contributed by atoms with Gasteiger partial charge in [-0.3, -0.25) is 9.59 Å². The quantitative estimate of drug-likeness (QED) is 0.767. The molecule has 1 amide bonds. The number of nitrogens with zero attached hydrogens (tertiary/aromatic N) is 4. The van der Waals surface area contributed by atoms with Crippen molar-refractivity contribution < 1.29 is 13.2 Å². The molecule has 28 heavy (non-hydrogen) atoms. The number of hydrogen-bond acceptors (Lipinski definition) is 5. The van der Waals surface area contributed by atoms with Crippen LogP contribution in [0, 0.1) is 11.8 Å². The number of H-pyrrole nitrogens is 1. The van der Waals surface area contributed by atoms with Crippen LogP contribution in [0.4, 0.5) is 0 Å². The first-order valence-corrected chi connectivity index (χ1v) is 11.2. The molecule has 0 bridgehead atoms. The van der Waals surface area contributed by atoms with E-state index in [-0.39, 0.29) is 36.5 Å². The lowest BCUT2D eigenvalue weighted by Gasteiger charge is -2.30. The number of nitrogens with one attached hydrogen (secondary N) is 1. The first-order chi connectivity index (χ1) is 13.2. The van der Waals surface area contributed by atoms with E-state index in [9.17, 15) is 18.0 Å². The predicted octanol–water partition coefficient (Wildman–Crippen LogP) is 0.254. The van der Waals surface area contributed by atoms with Crippen molar-refractivity contribution in [3.05, 3.63) is 27.4 Å². The van der Waals surface area contributed by atoms with Crippen LogP contribution in [0.15, 0.2) is 4.79 Å². The normalized spacial score (nSPS) is 27.9. The van der Waals surface area contributed by atoms with Crippen LogP contribution < -0.4 is 5.56 Å². The molecule has 1 aromatic heterocycles. The van der Waals surface area contributed by atoms with Gasteiger partial charge in [-0.15, -0.1) is 0 Å². The smallest absolute Gasteiger partial charge is 0.281 e. The van der Waals surface area contributed by atoms with Gasteiger partial charge in [-0.2, -0.15) is 17.0 Å². The molecular weight excluding hydrogens is 382 g/mol. The summed E-state index contributed by atoms with van der Waals surface area (Å²) < 4.78 is 27.4. The lowest BCUT2D eigenvalue weighted by molar-refractivity contribution is -0.134. The maximum absolute atomic E-state index is 12.7. The highest BCUT2D eigenvalue weighted by molar-refractivity contribution is 7.86. The molecule has 1 N–H and O–H groups in total. The molecule has 3 heterocycles. The Hall–Kier alpha value is -1.78. The number of amides is 1. The molecule has 0 spiro atoms. The summed E-state index contributed by atoms with van der Waals surface area (Å²) in [7, 11) is -0.594. The minimum absolute atomic E-state index is 0.0765. The van der Waals surface area contributed by atoms with E-state index in [1.165, 1.54) is 22.7 Å². The number of aromatic amines is 1. The van der Waals surface area contributed by atoms with Gasteiger partial charge in [-0.1, -0.05) is 6.92 Å². The van der Waals surface area contributed by atoms with Crippen molar-refractivity contribution in [2.24, 2.45) is 11.8 Å². The minimum atomic E-state index is -3.57. The Bertz CT molecular complexity index is 957. The van der Waals surface area contributed by atoms with Gasteiger partial charge < -0.3 is 9.88 Å². The third kappa shape index (κ3) is 3.27. The van der Waals surface area contributed by atoms with Crippen molar-refractivity contribution in [1.29, 1.82) is 0 Å². The van der Waals surface area contributed by atoms with Crippen LogP contribution >= 0.6 is 0 Å². The summed E-state index contributed by atoms with van der Waals surface area (Å²) in [5, 5.41) is 0. The highest BCUT2D eigenvalue weighted by atomic mass is 32.2. The molecule has 9 nitrogen and oxygen atoms in total. The van der Waals surface area contributed by atoms with Gasteiger partial charge in [0.15, 0.2) is 0 Å². The summed E-state index contributed by atoms with van der Waals surface area (Å²) in [4.78, 5) is 34.7. The van der Waals surface area contributed by atoms with E-state index in [4.69, 9.17) is 0 Å². The Morgan fingerprint density at radius 1 is 1.29 bits per heavy atom. The number of likely N-dealkylation sites (tertiary alicyclic amines) is 1. The first kappa shape index (κ1) is 19.5. The zero-order valence-electron chi connectivity index (χ0n) is 16.5. The summed E-state index contributed by atoms with van der Waals surface area (Å²) in [6, 6.07) is -0.237. The van der Waals surface area contributed by atoms with Crippen molar-refractivity contribution in [2.45, 2.75) is 45.2 Å². The first-order valence-electron chi connectivity index (χ1n) is 9.80. The average Bonchev–Trinajstić information content (AvgIpc) is 3.18. The van der Waals surface area contributed by atoms with Gasteiger partial charge in [0.25, 0.3) is 15.8 Å². The van der Waals surface area contributed by atoms with Gasteiger partial charge in [-0.25, -0.2) is 4.98 Å². The maximum Gasteiger partial charge on any atom is 0.281 e. The van der Waals surface area contributed by atoms with Gasteiger partial charge in [0.1, 0.15) is 5.82 Å². The Morgan fingerprint density at radius 2 is 2.00 bits per heavy atom. The molecule has 1 saturated carbocycles. The maximum atomic E-state index is 12.7. The summed E-state index contributed by atoms with van der Waals surface area (Å²) in [6.07, 6.45) is 2.89. The van der Waals surface area contributed by atoms with Crippen molar-refractivity contribution in [3.63, 3.8) is 0 Å². The second-order valence-electron chi connectivity index (χ2n) is 8.26. The number of rotatable bonds is 4. The Balaban J connectivity index is 1.63. The number of carbonyl (C=O) groups is 1. The lowest BCUT2D eigenvalue weighted by atomic mass is 10.1. The van der Waals surface area contributed by atoms with Crippen LogP contribution in [0.3, 0.4) is 0 Å². The fourth-order valence-electron chi connectivity index (χ4n) is 4.21. The van der Waals surface area contributed by atoms with Crippen molar-refractivity contribution in [2.75, 3.05) is 27.2 Å². The van der Waals surface area contributed by atoms with E-state index < -0.39 is 10.2 Å². The van der Waals surface area contributed by atoms with Crippen LogP contribution in [-0.4, -0.2) is 65.0 Å². The van der Waals surface area contributed by atoms with Crippen LogP contribution in [0.1, 0.15) is 49.3 Å². The number of aromatic nitrogens is 2.